The van der Waals surface area contributed by atoms with Gasteiger partial charge in [-0.3, -0.25) is 4.79 Å². The molecule has 2 aromatic rings. The van der Waals surface area contributed by atoms with Gasteiger partial charge in [0.15, 0.2) is 5.82 Å². The van der Waals surface area contributed by atoms with Gasteiger partial charge in [0.25, 0.3) is 5.91 Å². The first-order valence-corrected chi connectivity index (χ1v) is 5.14. The van der Waals surface area contributed by atoms with Gasteiger partial charge in [-0.15, -0.1) is 0 Å². The van der Waals surface area contributed by atoms with E-state index < -0.39 is 12.8 Å². The van der Waals surface area contributed by atoms with Crippen LogP contribution in [0.15, 0.2) is 30.5 Å². The summed E-state index contributed by atoms with van der Waals surface area (Å²) in [7, 11) is 1.50. The molecule has 0 unspecified atom stereocenters. The van der Waals surface area contributed by atoms with Gasteiger partial charge in [0.2, 0.25) is 0 Å². The third-order valence-corrected chi connectivity index (χ3v) is 2.65. The fourth-order valence-electron chi connectivity index (χ4n) is 1.78. The Kier molecular flexibility index (Phi) is 1.26. The molecule has 0 fully saturated rings. The van der Waals surface area contributed by atoms with E-state index >= 15 is 0 Å². The number of nitrogens with one attached hydrogen (secondary N) is 1. The fraction of sp³-hybridized carbons (Fsp3) is 0.154. The molecule has 1 N–H and O–H groups in total. The summed E-state index contributed by atoms with van der Waals surface area (Å²) in [5.74, 6) is -0.626. The number of nitrogens with zero attached hydrogens (tertiary/aromatic N) is 3. The minimum absolute atomic E-state index is 0.0466. The number of hydrogen-bond donors (Lipinski definition) is 1. The Balaban J connectivity index is 2.33. The molecule has 1 aliphatic heterocycles. The molecule has 1 amide bonds. The molecule has 0 bridgehead atoms. The summed E-state index contributed by atoms with van der Waals surface area (Å²) in [5.41, 5.74) is -0.420. The first-order valence-electron chi connectivity index (χ1n) is 8.14. The Hall–Kier alpha value is -2.43. The number of aromatic nitrogens is 2. The lowest BCUT2D eigenvalue weighted by atomic mass is 10.2. The minimum Gasteiger partial charge on any atom is -0.318 e. The average Bonchev–Trinajstić information content (AvgIpc) is 2.58. The number of anilines is 3. The number of hydrogen-bond acceptors (Lipinski definition) is 4. The van der Waals surface area contributed by atoms with Crippen LogP contribution in [0.3, 0.4) is 0 Å². The van der Waals surface area contributed by atoms with Crippen molar-refractivity contribution in [3.63, 3.8) is 0 Å². The monoisotopic (exact) mass is 246 g/mol. The molecule has 0 radical (unpaired) electrons. The molecule has 0 aliphatic carbocycles. The maximum absolute atomic E-state index is 12.5. The van der Waals surface area contributed by atoms with Crippen LogP contribution in [0.25, 0.3) is 0 Å². The maximum Gasteiger partial charge on any atom is 0.259 e. The summed E-state index contributed by atoms with van der Waals surface area (Å²) in [6.45, 7) is -2.56. The molecular weight excluding hydrogens is 228 g/mol. The van der Waals surface area contributed by atoms with Gasteiger partial charge >= 0.3 is 0 Å². The third-order valence-electron chi connectivity index (χ3n) is 2.65. The minimum atomic E-state index is -2.56. The molecule has 2 aromatic heterocycles. The summed E-state index contributed by atoms with van der Waals surface area (Å²) >= 11 is 0. The molecule has 18 heavy (non-hydrogen) atoms. The second-order valence-electron chi connectivity index (χ2n) is 3.74. The highest BCUT2D eigenvalue weighted by Gasteiger charge is 2.25. The van der Waals surface area contributed by atoms with Crippen molar-refractivity contribution < 1.29 is 13.0 Å². The summed E-state index contributed by atoms with van der Waals surface area (Å²) in [6.07, 6.45) is 0.859. The van der Waals surface area contributed by atoms with Crippen molar-refractivity contribution in [3.8, 4) is 0 Å². The summed E-state index contributed by atoms with van der Waals surface area (Å²) in [5, 5.41) is 2.45. The van der Waals surface area contributed by atoms with Gasteiger partial charge in [0, 0.05) is 23.5 Å². The molecule has 3 heterocycles. The van der Waals surface area contributed by atoms with E-state index in [1.165, 1.54) is 11.9 Å². The first kappa shape index (κ1) is 5.95. The molecule has 1 aliphatic rings. The number of carbonyl (C=O) groups excluding carboxylic acids is 1. The van der Waals surface area contributed by atoms with Crippen LogP contribution in [0.1, 0.15) is 24.1 Å². The molecule has 0 spiro atoms. The highest BCUT2D eigenvalue weighted by molar-refractivity contribution is 6.11. The van der Waals surface area contributed by atoms with Crippen LogP contribution in [0.4, 0.5) is 17.3 Å². The predicted octanol–water partition coefficient (Wildman–Crippen LogP) is 2.12. The first-order chi connectivity index (χ1) is 11.1. The second-order valence-corrected chi connectivity index (χ2v) is 3.74. The normalized spacial score (nSPS) is 18.9. The molecule has 90 valence electrons. The van der Waals surface area contributed by atoms with Gasteiger partial charge in [-0.2, -0.15) is 0 Å². The molecule has 5 heteroatoms. The van der Waals surface area contributed by atoms with Crippen molar-refractivity contribution in [2.75, 3.05) is 17.3 Å². The summed E-state index contributed by atoms with van der Waals surface area (Å²) in [6, 6.07) is 0.521. The molecule has 0 aromatic carbocycles. The Labute approximate surface area is 113 Å². The largest absolute Gasteiger partial charge is 0.318 e. The molecule has 3 rings (SSSR count). The Bertz CT molecular complexity index is 867. The van der Waals surface area contributed by atoms with Crippen LogP contribution >= 0.6 is 0 Å². The van der Waals surface area contributed by atoms with Crippen molar-refractivity contribution in [1.29, 1.82) is 0 Å². The molecule has 5 nitrogen and oxygen atoms in total. The van der Waals surface area contributed by atoms with E-state index in [1.807, 2.05) is 0 Å². The highest BCUT2D eigenvalue weighted by Crippen LogP contribution is 2.35. The van der Waals surface area contributed by atoms with Crippen molar-refractivity contribution in [2.45, 2.75) is 6.85 Å². The lowest BCUT2D eigenvalue weighted by Gasteiger charge is -2.18. The van der Waals surface area contributed by atoms with E-state index in [0.29, 0.717) is 0 Å². The second kappa shape index (κ2) is 3.80. The van der Waals surface area contributed by atoms with Crippen LogP contribution in [0.5, 0.6) is 0 Å². The van der Waals surface area contributed by atoms with Crippen molar-refractivity contribution in [3.05, 3.63) is 41.6 Å². The van der Waals surface area contributed by atoms with E-state index in [9.17, 15) is 4.79 Å². The van der Waals surface area contributed by atoms with E-state index in [2.05, 4.69) is 15.3 Å². The van der Waals surface area contributed by atoms with Gasteiger partial charge in [-0.25, -0.2) is 9.97 Å². The number of rotatable bonds is 0. The molecule has 0 saturated heterocycles. The molecular formula is C13H12N4O. The standard InChI is InChI=1S/C13H12N4O/c1-8-5-7-15-12-10(8)16-13(18)9-4-3-6-14-11(9)17(12)2/h3-7H,1-2H3,(H,16,18)/i1D3,3D,4D,7D. The van der Waals surface area contributed by atoms with Gasteiger partial charge in [0.1, 0.15) is 5.82 Å². The van der Waals surface area contributed by atoms with Gasteiger partial charge in [0.05, 0.1) is 15.4 Å². The zero-order valence-corrected chi connectivity index (χ0v) is 9.40. The number of amides is 1. The summed E-state index contributed by atoms with van der Waals surface area (Å²) in [4.78, 5) is 21.9. The number of carbonyl (C=O) groups is 1. The topological polar surface area (TPSA) is 58.1 Å². The molecule has 0 saturated carbocycles. The number of fused-ring (bicyclic) bond motifs is 2. The lowest BCUT2D eigenvalue weighted by molar-refractivity contribution is 0.102. The van der Waals surface area contributed by atoms with Crippen LogP contribution in [0.2, 0.25) is 0 Å². The maximum atomic E-state index is 12.5. The highest BCUT2D eigenvalue weighted by atomic mass is 16.1. The smallest absolute Gasteiger partial charge is 0.259 e. The zero-order valence-electron chi connectivity index (χ0n) is 15.4. The lowest BCUT2D eigenvalue weighted by Crippen LogP contribution is -2.14. The van der Waals surface area contributed by atoms with Gasteiger partial charge in [-0.1, -0.05) is 0 Å². The van der Waals surface area contributed by atoms with Crippen LogP contribution in [0, 0.1) is 6.85 Å². The Morgan fingerprint density at radius 3 is 3.17 bits per heavy atom. The van der Waals surface area contributed by atoms with E-state index in [1.54, 1.807) is 0 Å². The summed E-state index contributed by atoms with van der Waals surface area (Å²) < 4.78 is 46.2. The predicted molar refractivity (Wildman–Crippen MR) is 69.2 cm³/mol. The zero-order chi connectivity index (χ0) is 17.8. The Morgan fingerprint density at radius 1 is 1.44 bits per heavy atom. The van der Waals surface area contributed by atoms with Crippen LogP contribution < -0.4 is 10.2 Å². The van der Waals surface area contributed by atoms with Crippen molar-refractivity contribution in [1.82, 2.24) is 9.97 Å². The third kappa shape index (κ3) is 1.44. The van der Waals surface area contributed by atoms with Gasteiger partial charge in [-0.05, 0) is 30.6 Å². The quantitative estimate of drug-likeness (QED) is 0.773. The van der Waals surface area contributed by atoms with E-state index in [4.69, 9.17) is 8.22 Å². The average molecular weight is 246 g/mol. The van der Waals surface area contributed by atoms with E-state index in [-0.39, 0.29) is 46.7 Å². The Morgan fingerprint density at radius 2 is 2.33 bits per heavy atom. The fourth-order valence-corrected chi connectivity index (χ4v) is 1.78. The van der Waals surface area contributed by atoms with Crippen molar-refractivity contribution in [2.24, 2.45) is 0 Å². The van der Waals surface area contributed by atoms with Crippen molar-refractivity contribution >= 4 is 23.2 Å². The van der Waals surface area contributed by atoms with E-state index in [0.717, 1.165) is 12.3 Å². The number of aryl methyl sites for hydroxylation is 1. The molecule has 0 atom stereocenters. The van der Waals surface area contributed by atoms with Crippen LogP contribution in [-0.4, -0.2) is 22.9 Å². The van der Waals surface area contributed by atoms with Gasteiger partial charge < -0.3 is 10.2 Å². The number of pyridine rings is 2. The van der Waals surface area contributed by atoms with Crippen LogP contribution in [-0.2, 0) is 0 Å². The SMILES string of the molecule is [2H]c1cc(C([2H])([2H])[2H])c2c(n1)N(C)c1ncc([2H])c([2H])c1C(=O)N2.